The number of ketones is 1. The van der Waals surface area contributed by atoms with Crippen LogP contribution in [0.2, 0.25) is 0 Å². The minimum absolute atomic E-state index is 0.0721. The third-order valence-corrected chi connectivity index (χ3v) is 2.21. The molecule has 2 atom stereocenters. The molecule has 5 N–H and O–H groups in total. The van der Waals surface area contributed by atoms with E-state index in [1.807, 2.05) is 0 Å². The van der Waals surface area contributed by atoms with Crippen LogP contribution in [0.25, 0.3) is 0 Å². The molecule has 0 aromatic heterocycles. The lowest BCUT2D eigenvalue weighted by molar-refractivity contribution is -0.137. The second-order valence-corrected chi connectivity index (χ2v) is 3.77. The molecule has 7 nitrogen and oxygen atoms in total. The van der Waals surface area contributed by atoms with Crippen molar-refractivity contribution in [2.75, 3.05) is 13.6 Å². The van der Waals surface area contributed by atoms with Gasteiger partial charge in [0.25, 0.3) is 0 Å². The lowest BCUT2D eigenvalue weighted by Gasteiger charge is -2.18. The molecule has 0 radical (unpaired) electrons. The predicted molar refractivity (Wildman–Crippen MR) is 61.4 cm³/mol. The van der Waals surface area contributed by atoms with Crippen molar-refractivity contribution in [3.05, 3.63) is 0 Å². The van der Waals surface area contributed by atoms with E-state index in [9.17, 15) is 14.4 Å². The maximum atomic E-state index is 11.5. The third kappa shape index (κ3) is 6.64. The van der Waals surface area contributed by atoms with Gasteiger partial charge in [0.05, 0.1) is 12.1 Å². The molecular weight excluding hydrogens is 226 g/mol. The van der Waals surface area contributed by atoms with Crippen LogP contribution in [0.4, 0.5) is 0 Å². The zero-order chi connectivity index (χ0) is 13.4. The molecule has 0 heterocycles. The highest BCUT2D eigenvalue weighted by Crippen LogP contribution is 1.99. The van der Waals surface area contributed by atoms with Gasteiger partial charge in [0.15, 0.2) is 5.78 Å². The fourth-order valence-electron chi connectivity index (χ4n) is 1.24. The van der Waals surface area contributed by atoms with Gasteiger partial charge in [0.2, 0.25) is 5.91 Å². The molecule has 98 valence electrons. The topological polar surface area (TPSA) is 122 Å². The van der Waals surface area contributed by atoms with E-state index in [4.69, 9.17) is 10.8 Å². The van der Waals surface area contributed by atoms with Crippen molar-refractivity contribution >= 4 is 17.7 Å². The van der Waals surface area contributed by atoms with Crippen molar-refractivity contribution < 1.29 is 19.5 Å². The van der Waals surface area contributed by atoms with Gasteiger partial charge < -0.3 is 21.5 Å². The summed E-state index contributed by atoms with van der Waals surface area (Å²) >= 11 is 0. The summed E-state index contributed by atoms with van der Waals surface area (Å²) in [6, 6.07) is -1.55. The van der Waals surface area contributed by atoms with Crippen LogP contribution in [-0.4, -0.2) is 48.4 Å². The SMILES string of the molecule is CNC[C@@H](N)C(=O)N[C@H](CCC(=O)O)C(C)=O. The van der Waals surface area contributed by atoms with Gasteiger partial charge in [0, 0.05) is 13.0 Å². The molecule has 17 heavy (non-hydrogen) atoms. The molecule has 0 spiro atoms. The molecule has 0 saturated heterocycles. The van der Waals surface area contributed by atoms with Crippen LogP contribution in [0.5, 0.6) is 0 Å². The van der Waals surface area contributed by atoms with Crippen LogP contribution in [0.15, 0.2) is 0 Å². The highest BCUT2D eigenvalue weighted by atomic mass is 16.4. The zero-order valence-corrected chi connectivity index (χ0v) is 10.0. The summed E-state index contributed by atoms with van der Waals surface area (Å²) in [6.45, 7) is 1.59. The van der Waals surface area contributed by atoms with Crippen LogP contribution in [0.1, 0.15) is 19.8 Å². The number of rotatable bonds is 8. The summed E-state index contributed by atoms with van der Waals surface area (Å²) < 4.78 is 0. The molecule has 0 aliphatic carbocycles. The zero-order valence-electron chi connectivity index (χ0n) is 10.0. The Hall–Kier alpha value is -1.47. The minimum atomic E-state index is -1.01. The van der Waals surface area contributed by atoms with E-state index in [0.717, 1.165) is 0 Å². The molecule has 0 unspecified atom stereocenters. The van der Waals surface area contributed by atoms with Crippen molar-refractivity contribution in [2.45, 2.75) is 31.8 Å². The van der Waals surface area contributed by atoms with Crippen molar-refractivity contribution in [2.24, 2.45) is 5.73 Å². The van der Waals surface area contributed by atoms with E-state index in [1.54, 1.807) is 7.05 Å². The van der Waals surface area contributed by atoms with Gasteiger partial charge in [-0.25, -0.2) is 0 Å². The number of carbonyl (C=O) groups is 3. The maximum absolute atomic E-state index is 11.5. The molecule has 0 saturated carbocycles. The first-order valence-electron chi connectivity index (χ1n) is 5.31. The number of hydrogen-bond donors (Lipinski definition) is 4. The van der Waals surface area contributed by atoms with E-state index in [-0.39, 0.29) is 25.2 Å². The fourth-order valence-corrected chi connectivity index (χ4v) is 1.24. The summed E-state index contributed by atoms with van der Waals surface area (Å²) in [4.78, 5) is 33.1. The number of carboxylic acid groups (broad SMARTS) is 1. The molecule has 1 amide bonds. The molecule has 7 heteroatoms. The molecule has 0 bridgehead atoms. The Morgan fingerprint density at radius 3 is 2.35 bits per heavy atom. The third-order valence-electron chi connectivity index (χ3n) is 2.21. The number of aliphatic carboxylic acids is 1. The Morgan fingerprint density at radius 2 is 1.94 bits per heavy atom. The average molecular weight is 245 g/mol. The van der Waals surface area contributed by atoms with Gasteiger partial charge in [-0.1, -0.05) is 0 Å². The Bertz CT molecular complexity index is 293. The summed E-state index contributed by atoms with van der Waals surface area (Å²) in [5, 5.41) is 13.7. The fraction of sp³-hybridized carbons (Fsp3) is 0.700. The van der Waals surface area contributed by atoms with Crippen molar-refractivity contribution in [1.29, 1.82) is 0 Å². The molecule has 0 aliphatic heterocycles. The van der Waals surface area contributed by atoms with Crippen molar-refractivity contribution in [3.8, 4) is 0 Å². The van der Waals surface area contributed by atoms with Crippen LogP contribution in [0.3, 0.4) is 0 Å². The Morgan fingerprint density at radius 1 is 1.35 bits per heavy atom. The first kappa shape index (κ1) is 15.5. The Labute approximate surface area is 99.7 Å². The van der Waals surface area contributed by atoms with Crippen LogP contribution < -0.4 is 16.4 Å². The van der Waals surface area contributed by atoms with Crippen LogP contribution >= 0.6 is 0 Å². The summed E-state index contributed by atoms with van der Waals surface area (Å²) in [7, 11) is 1.65. The monoisotopic (exact) mass is 245 g/mol. The quantitative estimate of drug-likeness (QED) is 0.411. The smallest absolute Gasteiger partial charge is 0.303 e. The molecule has 0 fully saturated rings. The van der Waals surface area contributed by atoms with E-state index in [0.29, 0.717) is 0 Å². The number of hydrogen-bond acceptors (Lipinski definition) is 5. The van der Waals surface area contributed by atoms with E-state index in [2.05, 4.69) is 10.6 Å². The summed E-state index contributed by atoms with van der Waals surface area (Å²) in [6.07, 6.45) is -0.103. The second-order valence-electron chi connectivity index (χ2n) is 3.77. The number of carbonyl (C=O) groups excluding carboxylic acids is 2. The van der Waals surface area contributed by atoms with Crippen molar-refractivity contribution in [1.82, 2.24) is 10.6 Å². The molecule has 0 aliphatic rings. The maximum Gasteiger partial charge on any atom is 0.303 e. The molecule has 0 aromatic carbocycles. The van der Waals surface area contributed by atoms with Gasteiger partial charge in [0.1, 0.15) is 0 Å². The number of likely N-dealkylation sites (N-methyl/N-ethyl adjacent to an activating group) is 1. The lowest BCUT2D eigenvalue weighted by Crippen LogP contribution is -2.51. The molecule has 0 rings (SSSR count). The van der Waals surface area contributed by atoms with Gasteiger partial charge >= 0.3 is 5.97 Å². The van der Waals surface area contributed by atoms with E-state index in [1.165, 1.54) is 6.92 Å². The van der Waals surface area contributed by atoms with E-state index < -0.39 is 24.0 Å². The largest absolute Gasteiger partial charge is 0.481 e. The predicted octanol–water partition coefficient (Wildman–Crippen LogP) is -1.53. The number of nitrogens with two attached hydrogens (primary N) is 1. The average Bonchev–Trinajstić information content (AvgIpc) is 2.23. The highest BCUT2D eigenvalue weighted by molar-refractivity contribution is 5.89. The van der Waals surface area contributed by atoms with Crippen molar-refractivity contribution in [3.63, 3.8) is 0 Å². The molecular formula is C10H19N3O4. The van der Waals surface area contributed by atoms with Crippen LogP contribution in [-0.2, 0) is 14.4 Å². The number of carboxylic acids is 1. The van der Waals surface area contributed by atoms with Gasteiger partial charge in [-0.15, -0.1) is 0 Å². The van der Waals surface area contributed by atoms with Gasteiger partial charge in [-0.3, -0.25) is 14.4 Å². The van der Waals surface area contributed by atoms with Gasteiger partial charge in [-0.2, -0.15) is 0 Å². The number of Topliss-reactive ketones (excluding diaryl/α,β-unsaturated/α-hetero) is 1. The first-order chi connectivity index (χ1) is 7.88. The first-order valence-corrected chi connectivity index (χ1v) is 5.31. The normalized spacial score (nSPS) is 13.8. The Kier molecular flexibility index (Phi) is 7.08. The second kappa shape index (κ2) is 7.75. The Balaban J connectivity index is 4.29. The summed E-state index contributed by atoms with van der Waals surface area (Å²) in [5.41, 5.74) is 5.53. The minimum Gasteiger partial charge on any atom is -0.481 e. The summed E-state index contributed by atoms with van der Waals surface area (Å²) in [5.74, 6) is -1.76. The van der Waals surface area contributed by atoms with E-state index >= 15 is 0 Å². The molecule has 0 aromatic rings. The van der Waals surface area contributed by atoms with Crippen LogP contribution in [0, 0.1) is 0 Å². The highest BCUT2D eigenvalue weighted by Gasteiger charge is 2.21. The van der Waals surface area contributed by atoms with Gasteiger partial charge in [-0.05, 0) is 20.4 Å². The lowest BCUT2D eigenvalue weighted by atomic mass is 10.1. The number of amides is 1. The number of nitrogens with one attached hydrogen (secondary N) is 2. The standard InChI is InChI=1S/C10H19N3O4/c1-6(14)8(3-4-9(15)16)13-10(17)7(11)5-12-2/h7-8,12H,3-5,11H2,1-2H3,(H,13,17)(H,15,16)/t7-,8-/m1/s1.